The summed E-state index contributed by atoms with van der Waals surface area (Å²) >= 11 is 5.15. The summed E-state index contributed by atoms with van der Waals surface area (Å²) in [6.45, 7) is 5.28. The van der Waals surface area contributed by atoms with Crippen molar-refractivity contribution >= 4 is 97.3 Å². The number of nitrogens with two attached hydrogens (primary N) is 1. The largest absolute Gasteiger partial charge is 0.442 e. The molecule has 3 aliphatic rings. The molecule has 0 aromatic heterocycles. The highest BCUT2D eigenvalue weighted by Crippen LogP contribution is 2.34. The molecule has 3 fully saturated rings. The van der Waals surface area contributed by atoms with E-state index in [0.717, 1.165) is 16.7 Å². The van der Waals surface area contributed by atoms with Crippen LogP contribution in [-0.2, 0) is 48.2 Å². The fourth-order valence-electron chi connectivity index (χ4n) is 9.56. The number of rotatable bonds is 23. The first-order chi connectivity index (χ1) is 49.7. The minimum absolute atomic E-state index is 0. The molecule has 2 unspecified atom stereocenters. The Labute approximate surface area is 626 Å². The molecule has 3 heterocycles. The molecule has 3 saturated heterocycles. The Morgan fingerprint density at radius 2 is 0.794 bits per heavy atom. The van der Waals surface area contributed by atoms with E-state index in [1.807, 2.05) is 24.3 Å². The molecule has 20 nitrogen and oxygen atoms in total. The maximum Gasteiger partial charge on any atom is 0.415 e. The van der Waals surface area contributed by atoms with Crippen molar-refractivity contribution in [3.63, 3.8) is 0 Å². The number of benzene rings is 6. The SMILES string of the molecule is CC(=O)NC[C@H]1CN(c2ccc(-c3ccc(CN)cc3)c(F)c2)C(=O)O1.CC(=O)NC[C@H]1CN(c2ccc(-c3ccc(CNCC(O)C(F)(F)F)cc3)c(F)c2)C(=O)O1.CC(=O)NC[C@H]1CN(c2ccc(-c3ccc(CNCCC(F)(F)F)cc3)c(F)c2)C(=O)O1.Cl.FC(F)(F)CCBr.OC(CBr)C(F)(F)F. The van der Waals surface area contributed by atoms with Crippen LogP contribution in [0.4, 0.5) is 97.3 Å². The molecule has 9 rings (SSSR count). The molecule has 6 aromatic carbocycles. The van der Waals surface area contributed by atoms with Gasteiger partial charge < -0.3 is 56.7 Å². The van der Waals surface area contributed by atoms with Gasteiger partial charge in [-0.2, -0.15) is 52.7 Å². The van der Waals surface area contributed by atoms with Crippen LogP contribution in [0.5, 0.6) is 0 Å². The monoisotopic (exact) mass is 1680 g/mol. The number of alkyl halides is 14. The number of anilines is 3. The second kappa shape index (κ2) is 42.3. The van der Waals surface area contributed by atoms with E-state index in [0.29, 0.717) is 51.4 Å². The first-order valence-corrected chi connectivity index (χ1v) is 34.1. The van der Waals surface area contributed by atoms with Gasteiger partial charge in [0.2, 0.25) is 17.7 Å². The summed E-state index contributed by atoms with van der Waals surface area (Å²) in [5.74, 6) is -2.21. The Morgan fingerprint density at radius 1 is 0.486 bits per heavy atom. The standard InChI is InChI=1S/C22H23F4N3O4.C22H23F4N3O3.C19H20FN3O3.C3H4BrF3O.C3H4BrF3.ClH/c1-13(30)28-10-17-12-29(21(32)33-17)16-6-7-18(19(23)8-16)15-4-2-14(3-5-15)9-27-11-20(31)22(24,25)26;1-14(30)28-12-18-13-29(21(31)32-18)17-6-7-19(20(23)10-17)16-4-2-15(3-5-16)11-27-9-8-22(24,25)26;1-12(24)22-10-16-11-23(19(25)26-16)15-6-7-17(18(20)8-15)14-4-2-13(9-21)3-5-14;4-1-2(8)3(5,6)7;4-2-1-3(5,6)7;/h2-8,17,20,27,31H,9-12H2,1H3,(H,28,30);2-7,10,18,27H,8-9,11-13H2,1H3,(H,28,30);2-8,16H,9-11,21H2,1H3,(H,22,24);2,8H,1H2;1-2H2;1H/t17-,20?;18-;16-;;;/m000.../s1. The number of cyclic esters (lactones) is 3. The van der Waals surface area contributed by atoms with Gasteiger partial charge in [-0.15, -0.1) is 12.4 Å². The molecule has 3 aliphatic heterocycles. The number of carbonyl (C=O) groups excluding carboxylic acids is 6. The maximum atomic E-state index is 14.8. The molecule has 0 aliphatic carbocycles. The fraction of sp³-hybridized carbons (Fsp3) is 0.391. The van der Waals surface area contributed by atoms with E-state index < -0.39 is 116 Å². The van der Waals surface area contributed by atoms with Crippen LogP contribution >= 0.6 is 44.3 Å². The van der Waals surface area contributed by atoms with E-state index in [2.05, 4.69) is 58.4 Å². The zero-order chi connectivity index (χ0) is 78.9. The predicted molar refractivity (Wildman–Crippen MR) is 376 cm³/mol. The number of hydrogen-bond acceptors (Lipinski definition) is 14. The van der Waals surface area contributed by atoms with E-state index in [4.69, 9.17) is 30.2 Å². The van der Waals surface area contributed by atoms with Crippen LogP contribution in [0.2, 0.25) is 0 Å². The van der Waals surface area contributed by atoms with Crippen molar-refractivity contribution in [1.29, 1.82) is 0 Å². The molecule has 0 radical (unpaired) electrons. The number of aliphatic hydroxyl groups is 2. The predicted octanol–water partition coefficient (Wildman–Crippen LogP) is 13.4. The third kappa shape index (κ3) is 31.0. The summed E-state index contributed by atoms with van der Waals surface area (Å²) < 4.78 is 200. The van der Waals surface area contributed by atoms with Crippen molar-refractivity contribution in [3.8, 4) is 33.4 Å². The minimum atomic E-state index is -4.68. The highest BCUT2D eigenvalue weighted by molar-refractivity contribution is 9.09. The average molecular weight is 1690 g/mol. The van der Waals surface area contributed by atoms with E-state index >= 15 is 0 Å². The van der Waals surface area contributed by atoms with Crippen LogP contribution in [0.25, 0.3) is 33.4 Å². The number of carbonyl (C=O) groups is 6. The summed E-state index contributed by atoms with van der Waals surface area (Å²) in [5.41, 5.74) is 12.0. The molecule has 5 atom stereocenters. The molecule has 0 bridgehead atoms. The van der Waals surface area contributed by atoms with Crippen LogP contribution < -0.4 is 47.0 Å². The third-order valence-electron chi connectivity index (χ3n) is 15.0. The molecule has 6 aromatic rings. The van der Waals surface area contributed by atoms with Crippen LogP contribution in [0.1, 0.15) is 50.3 Å². The number of aliphatic hydroxyl groups excluding tert-OH is 2. The van der Waals surface area contributed by atoms with Gasteiger partial charge in [0.1, 0.15) is 35.8 Å². The van der Waals surface area contributed by atoms with Crippen LogP contribution in [0.15, 0.2) is 127 Å². The minimum Gasteiger partial charge on any atom is -0.442 e. The number of amides is 6. The van der Waals surface area contributed by atoms with Crippen molar-refractivity contribution in [3.05, 3.63) is 162 Å². The van der Waals surface area contributed by atoms with Gasteiger partial charge in [-0.25, -0.2) is 27.6 Å². The molecule has 6 amide bonds. The molecular weight excluding hydrogens is 1610 g/mol. The second-order valence-corrected chi connectivity index (χ2v) is 24.9. The fourth-order valence-corrected chi connectivity index (χ4v) is 10.4. The number of ether oxygens (including phenoxy) is 3. The number of nitrogens with zero attached hydrogens (tertiary/aromatic N) is 3. The topological polar surface area (TPSA) is 266 Å². The second-order valence-electron chi connectivity index (χ2n) is 23.4. The Bertz CT molecular complexity index is 3870. The third-order valence-corrected chi connectivity index (χ3v) is 16.1. The van der Waals surface area contributed by atoms with Gasteiger partial charge in [0.05, 0.1) is 69.2 Å². The molecule has 9 N–H and O–H groups in total. The molecule has 588 valence electrons. The summed E-state index contributed by atoms with van der Waals surface area (Å²) in [6.07, 6.45) is -27.0. The Hall–Kier alpha value is -8.46. The van der Waals surface area contributed by atoms with Gasteiger partial charge in [0.15, 0.2) is 12.2 Å². The summed E-state index contributed by atoms with van der Waals surface area (Å²) in [6, 6.07) is 34.0. The van der Waals surface area contributed by atoms with Crippen molar-refractivity contribution in [1.82, 2.24) is 26.6 Å². The van der Waals surface area contributed by atoms with Gasteiger partial charge in [0.25, 0.3) is 0 Å². The van der Waals surface area contributed by atoms with Gasteiger partial charge in [-0.05, 0) is 88.0 Å². The van der Waals surface area contributed by atoms with Crippen molar-refractivity contribution in [2.24, 2.45) is 5.73 Å². The van der Waals surface area contributed by atoms with Gasteiger partial charge in [-0.1, -0.05) is 105 Å². The molecule has 0 spiro atoms. The summed E-state index contributed by atoms with van der Waals surface area (Å²) in [4.78, 5) is 73.2. The lowest BCUT2D eigenvalue weighted by Gasteiger charge is -2.15. The molecular formula is C69H75Br2ClF15N9O11. The Morgan fingerprint density at radius 3 is 1.04 bits per heavy atom. The van der Waals surface area contributed by atoms with Crippen LogP contribution in [-0.4, -0.2) is 164 Å². The van der Waals surface area contributed by atoms with Crippen molar-refractivity contribution in [2.45, 2.75) is 108 Å². The Balaban J connectivity index is 0.000000309. The molecule has 107 heavy (non-hydrogen) atoms. The van der Waals surface area contributed by atoms with Crippen molar-refractivity contribution < 1.29 is 119 Å². The first kappa shape index (κ1) is 90.9. The van der Waals surface area contributed by atoms with Crippen molar-refractivity contribution in [2.75, 3.05) is 77.7 Å². The molecule has 38 heteroatoms. The lowest BCUT2D eigenvalue weighted by molar-refractivity contribution is -0.201. The van der Waals surface area contributed by atoms with Gasteiger partial charge in [-0.3, -0.25) is 29.1 Å². The van der Waals surface area contributed by atoms with E-state index in [-0.39, 0.29) is 99.9 Å². The van der Waals surface area contributed by atoms with Gasteiger partial charge in [0, 0.05) is 80.8 Å². The lowest BCUT2D eigenvalue weighted by Crippen LogP contribution is -2.38. The maximum absolute atomic E-state index is 14.8. The van der Waals surface area contributed by atoms with Crippen LogP contribution in [0, 0.1) is 17.5 Å². The van der Waals surface area contributed by atoms with Gasteiger partial charge >= 0.3 is 43.0 Å². The summed E-state index contributed by atoms with van der Waals surface area (Å²) in [5, 5.41) is 29.5. The number of nitrogens with one attached hydrogen (secondary N) is 5. The molecule has 0 saturated carbocycles. The quantitative estimate of drug-likeness (QED) is 0.0128. The normalized spacial score (nSPS) is 16.1. The Kier molecular flexibility index (Phi) is 36.0. The average Bonchev–Trinajstić information content (AvgIpc) is 1.70. The number of hydrogen-bond donors (Lipinski definition) is 8. The zero-order valence-electron chi connectivity index (χ0n) is 56.9. The lowest BCUT2D eigenvalue weighted by atomic mass is 10.0. The first-order valence-electron chi connectivity index (χ1n) is 31.9. The highest BCUT2D eigenvalue weighted by Gasteiger charge is 2.39. The smallest absolute Gasteiger partial charge is 0.415 e. The van der Waals surface area contributed by atoms with E-state index in [9.17, 15) is 94.6 Å². The number of halogens is 18. The zero-order valence-corrected chi connectivity index (χ0v) is 60.9. The highest BCUT2D eigenvalue weighted by atomic mass is 79.9. The summed E-state index contributed by atoms with van der Waals surface area (Å²) in [7, 11) is 0. The van der Waals surface area contributed by atoms with E-state index in [1.54, 1.807) is 78.9 Å². The van der Waals surface area contributed by atoms with Crippen LogP contribution in [0.3, 0.4) is 0 Å². The van der Waals surface area contributed by atoms with E-state index in [1.165, 1.54) is 59.7 Å².